The first-order valence-corrected chi connectivity index (χ1v) is 18.5. The third kappa shape index (κ3) is 7.16. The molecule has 6 rings (SSSR count). The largest absolute Gasteiger partial charge is 0.405 e. The average Bonchev–Trinajstić information content (AvgIpc) is 3.13. The molecule has 0 radical (unpaired) electrons. The van der Waals surface area contributed by atoms with E-state index in [4.69, 9.17) is 11.5 Å². The van der Waals surface area contributed by atoms with Gasteiger partial charge in [0.25, 0.3) is 0 Å². The molecule has 0 aromatic heterocycles. The van der Waals surface area contributed by atoms with Crippen LogP contribution in [0.1, 0.15) is 104 Å². The summed E-state index contributed by atoms with van der Waals surface area (Å²) in [6.07, 6.45) is 44.8. The molecule has 5 aliphatic carbocycles. The molecule has 1 heterocycles. The summed E-state index contributed by atoms with van der Waals surface area (Å²) < 4.78 is 0. The Kier molecular flexibility index (Phi) is 11.0. The lowest BCUT2D eigenvalue weighted by atomic mass is 9.71. The molecule has 0 spiro atoms. The topological polar surface area (TPSA) is 55.3 Å². The molecule has 0 aromatic carbocycles. The van der Waals surface area contributed by atoms with Crippen LogP contribution in [0.3, 0.4) is 0 Å². The van der Waals surface area contributed by atoms with Crippen LogP contribution in [0.5, 0.6) is 0 Å². The Hall–Kier alpha value is -3.56. The Morgan fingerprint density at radius 2 is 1.85 bits per heavy atom. The predicted octanol–water partition coefficient (Wildman–Crippen LogP) is 10.4. The van der Waals surface area contributed by atoms with E-state index in [0.29, 0.717) is 18.0 Å². The van der Waals surface area contributed by atoms with Gasteiger partial charge in [0.05, 0.1) is 0 Å². The van der Waals surface area contributed by atoms with Gasteiger partial charge < -0.3 is 11.5 Å². The van der Waals surface area contributed by atoms with Crippen molar-refractivity contribution in [3.63, 3.8) is 0 Å². The van der Waals surface area contributed by atoms with Crippen LogP contribution in [0.15, 0.2) is 141 Å². The van der Waals surface area contributed by atoms with Crippen molar-refractivity contribution in [1.29, 1.82) is 0 Å². The van der Waals surface area contributed by atoms with Gasteiger partial charge in [0, 0.05) is 18.6 Å². The van der Waals surface area contributed by atoms with Gasteiger partial charge in [0.1, 0.15) is 0 Å². The van der Waals surface area contributed by atoms with E-state index in [9.17, 15) is 0 Å². The monoisotopic (exact) mass is 627 g/mol. The average molecular weight is 628 g/mol. The van der Waals surface area contributed by atoms with Gasteiger partial charge in [-0.15, -0.1) is 0 Å². The molecule has 0 aromatic rings. The van der Waals surface area contributed by atoms with Crippen molar-refractivity contribution in [2.75, 3.05) is 6.54 Å². The van der Waals surface area contributed by atoms with E-state index in [1.165, 1.54) is 58.3 Å². The number of hydrogen-bond donors (Lipinski definition) is 2. The Morgan fingerprint density at radius 1 is 0.957 bits per heavy atom. The minimum atomic E-state index is 0.471. The van der Waals surface area contributed by atoms with Crippen LogP contribution < -0.4 is 11.5 Å². The summed E-state index contributed by atoms with van der Waals surface area (Å²) in [5, 5.41) is 0. The number of rotatable bonds is 8. The van der Waals surface area contributed by atoms with Crippen LogP contribution in [0, 0.1) is 5.92 Å². The first kappa shape index (κ1) is 33.3. The van der Waals surface area contributed by atoms with Crippen molar-refractivity contribution in [3.8, 4) is 0 Å². The zero-order valence-electron chi connectivity index (χ0n) is 29.2. The van der Waals surface area contributed by atoms with E-state index in [1.807, 2.05) is 6.20 Å². The van der Waals surface area contributed by atoms with Gasteiger partial charge in [-0.2, -0.15) is 0 Å². The summed E-state index contributed by atoms with van der Waals surface area (Å²) in [6.45, 7) is 7.87. The summed E-state index contributed by atoms with van der Waals surface area (Å²) in [5.41, 5.74) is 28.2. The Morgan fingerprint density at radius 3 is 2.57 bits per heavy atom. The maximum Gasteiger partial charge on any atom is 0.0285 e. The highest BCUT2D eigenvalue weighted by Crippen LogP contribution is 2.46. The fraction of sp³-hybridized carbons (Fsp3) is 0.455. The Bertz CT molecular complexity index is 1590. The molecule has 47 heavy (non-hydrogen) atoms. The molecule has 0 amide bonds. The fourth-order valence-corrected chi connectivity index (χ4v) is 9.02. The molecule has 3 nitrogen and oxygen atoms in total. The molecule has 4 N–H and O–H groups in total. The maximum absolute atomic E-state index is 6.10. The van der Waals surface area contributed by atoms with Crippen LogP contribution in [0.25, 0.3) is 0 Å². The number of allylic oxidation sites excluding steroid dienone is 17. The Labute approximate surface area is 285 Å². The fourth-order valence-electron chi connectivity index (χ4n) is 9.02. The molecule has 3 heteroatoms. The summed E-state index contributed by atoms with van der Waals surface area (Å²) in [6, 6.07) is 0.959. The van der Waals surface area contributed by atoms with Gasteiger partial charge in [0.15, 0.2) is 0 Å². The lowest BCUT2D eigenvalue weighted by Crippen LogP contribution is -2.50. The molecule has 3 unspecified atom stereocenters. The quantitative estimate of drug-likeness (QED) is 0.208. The predicted molar refractivity (Wildman–Crippen MR) is 201 cm³/mol. The van der Waals surface area contributed by atoms with Gasteiger partial charge in [-0.3, -0.25) is 4.90 Å². The van der Waals surface area contributed by atoms with Gasteiger partial charge >= 0.3 is 0 Å². The van der Waals surface area contributed by atoms with E-state index in [1.54, 1.807) is 28.5 Å². The normalized spacial score (nSPS) is 30.9. The van der Waals surface area contributed by atoms with Crippen LogP contribution in [0.4, 0.5) is 0 Å². The Balaban J connectivity index is 1.41. The molecule has 0 saturated heterocycles. The van der Waals surface area contributed by atoms with Crippen LogP contribution in [-0.2, 0) is 0 Å². The summed E-state index contributed by atoms with van der Waals surface area (Å²) in [5.74, 6) is 0.528. The zero-order chi connectivity index (χ0) is 32.8. The van der Waals surface area contributed by atoms with Crippen LogP contribution in [-0.4, -0.2) is 23.5 Å². The lowest BCUT2D eigenvalue weighted by Gasteiger charge is -2.47. The van der Waals surface area contributed by atoms with Gasteiger partial charge in [0.2, 0.25) is 0 Å². The van der Waals surface area contributed by atoms with E-state index >= 15 is 0 Å². The zero-order valence-corrected chi connectivity index (χ0v) is 29.2. The molecular weight excluding hydrogens is 571 g/mol. The lowest BCUT2D eigenvalue weighted by molar-refractivity contribution is 0.120. The van der Waals surface area contributed by atoms with Crippen molar-refractivity contribution in [3.05, 3.63) is 141 Å². The van der Waals surface area contributed by atoms with Gasteiger partial charge in [-0.05, 0) is 171 Å². The van der Waals surface area contributed by atoms with Crippen LogP contribution >= 0.6 is 0 Å². The molecule has 0 fully saturated rings. The number of fused-ring (bicyclic) bond motifs is 2. The van der Waals surface area contributed by atoms with Crippen molar-refractivity contribution >= 4 is 0 Å². The molecule has 0 saturated carbocycles. The number of nitrogens with zero attached hydrogens (tertiary/aromatic N) is 1. The summed E-state index contributed by atoms with van der Waals surface area (Å²) >= 11 is 0. The molecule has 6 aliphatic rings. The minimum Gasteiger partial charge on any atom is -0.405 e. The second-order valence-corrected chi connectivity index (χ2v) is 14.2. The van der Waals surface area contributed by atoms with E-state index < -0.39 is 0 Å². The highest BCUT2D eigenvalue weighted by molar-refractivity contribution is 5.58. The molecule has 248 valence electrons. The first-order chi connectivity index (χ1) is 23.1. The smallest absolute Gasteiger partial charge is 0.0285 e. The standard InChI is InChI=1S/C44H57N3/c1-4-12-38(29-46)33-19-21-34(22-20-33)43-30-47(39-15-7-6-8-16-39)44-28-37(36-14-11-13-35(27-36)32(5-2)25-26-45)23-24-41(44)31(3)40-17-9-10-18-42(40)43/h5,7,9,14-15,17,19,21,23,25-27,29,39,41,44H,4,6,8,10-13,16,18,20,22,24,28,30,45-46H2,1-3H3/b26-25-,32-5+,38-29+,40-31+,43-42+. The third-order valence-corrected chi connectivity index (χ3v) is 11.6. The van der Waals surface area contributed by atoms with Crippen molar-refractivity contribution in [2.45, 2.75) is 116 Å². The molecule has 3 atom stereocenters. The van der Waals surface area contributed by atoms with Gasteiger partial charge in [-0.1, -0.05) is 79.7 Å². The highest BCUT2D eigenvalue weighted by atomic mass is 15.2. The first-order valence-electron chi connectivity index (χ1n) is 18.5. The number of hydrogen-bond acceptors (Lipinski definition) is 3. The van der Waals surface area contributed by atoms with Crippen molar-refractivity contribution in [2.24, 2.45) is 17.4 Å². The van der Waals surface area contributed by atoms with Gasteiger partial charge in [-0.25, -0.2) is 0 Å². The van der Waals surface area contributed by atoms with Crippen molar-refractivity contribution < 1.29 is 0 Å². The van der Waals surface area contributed by atoms with Crippen LogP contribution in [0.2, 0.25) is 0 Å². The number of nitrogens with two attached hydrogens (primary N) is 2. The van der Waals surface area contributed by atoms with E-state index in [2.05, 4.69) is 92.5 Å². The second kappa shape index (κ2) is 15.6. The van der Waals surface area contributed by atoms with E-state index in [0.717, 1.165) is 70.8 Å². The van der Waals surface area contributed by atoms with E-state index in [-0.39, 0.29) is 0 Å². The summed E-state index contributed by atoms with van der Waals surface area (Å²) in [7, 11) is 0. The minimum absolute atomic E-state index is 0.471. The summed E-state index contributed by atoms with van der Waals surface area (Å²) in [4.78, 5) is 2.96. The molecular formula is C44H57N3. The van der Waals surface area contributed by atoms with Crippen molar-refractivity contribution in [1.82, 2.24) is 4.90 Å². The maximum atomic E-state index is 6.10. The highest BCUT2D eigenvalue weighted by Gasteiger charge is 2.39. The molecule has 0 bridgehead atoms. The third-order valence-electron chi connectivity index (χ3n) is 11.6. The second-order valence-electron chi connectivity index (χ2n) is 14.2. The SMILES string of the molecule is C/C=C(\C=C/N)C1=CC(C2=CCC3/C(C)=C4\C=CCC\C4=C(/C4=CC=C(/C(=C/N)CCC)CC4)CN(C4C=CCCC4)C3C2)=CCC1. The molecule has 1 aliphatic heterocycles.